The van der Waals surface area contributed by atoms with Crippen molar-refractivity contribution in [2.75, 3.05) is 6.54 Å². The summed E-state index contributed by atoms with van der Waals surface area (Å²) in [7, 11) is 0. The van der Waals surface area contributed by atoms with Gasteiger partial charge in [0, 0.05) is 11.9 Å². The number of hydrogen-bond donors (Lipinski definition) is 2. The fourth-order valence-corrected chi connectivity index (χ4v) is 2.27. The summed E-state index contributed by atoms with van der Waals surface area (Å²) in [6.45, 7) is 0.501. The fourth-order valence-electron chi connectivity index (χ4n) is 1.46. The monoisotopic (exact) mass is 282 g/mol. The van der Waals surface area contributed by atoms with Crippen molar-refractivity contribution in [1.82, 2.24) is 10.3 Å². The Hall–Kier alpha value is -1.53. The van der Waals surface area contributed by atoms with Crippen molar-refractivity contribution in [2.45, 2.75) is 6.42 Å². The third-order valence-electron chi connectivity index (χ3n) is 2.38. The minimum absolute atomic E-state index is 0.176. The molecule has 0 radical (unpaired) electrons. The number of nitrogens with one attached hydrogen (secondary N) is 2. The van der Waals surface area contributed by atoms with Crippen molar-refractivity contribution in [3.8, 4) is 0 Å². The summed E-state index contributed by atoms with van der Waals surface area (Å²) < 4.78 is 13.3. The van der Waals surface area contributed by atoms with E-state index < -0.39 is 0 Å². The number of hydrogen-bond acceptors (Lipinski definition) is 3. The van der Waals surface area contributed by atoms with E-state index in [2.05, 4.69) is 10.3 Å². The van der Waals surface area contributed by atoms with Gasteiger partial charge in [-0.25, -0.2) is 4.39 Å². The molecule has 0 saturated heterocycles. The zero-order valence-electron chi connectivity index (χ0n) is 9.40. The van der Waals surface area contributed by atoms with Crippen molar-refractivity contribution in [1.29, 1.82) is 0 Å². The minimum atomic E-state index is -0.256. The van der Waals surface area contributed by atoms with E-state index in [1.54, 1.807) is 17.5 Å². The summed E-state index contributed by atoms with van der Waals surface area (Å²) in [6, 6.07) is 6.24. The second-order valence-corrected chi connectivity index (χ2v) is 5.24. The highest BCUT2D eigenvalue weighted by Crippen LogP contribution is 2.05. The molecule has 0 atom stereocenters. The highest BCUT2D eigenvalue weighted by atomic mass is 32.1. The highest BCUT2D eigenvalue weighted by Gasteiger charge is 2.06. The van der Waals surface area contributed by atoms with Crippen LogP contribution in [0.5, 0.6) is 0 Å². The van der Waals surface area contributed by atoms with Gasteiger partial charge in [-0.15, -0.1) is 11.3 Å². The highest BCUT2D eigenvalue weighted by molar-refractivity contribution is 7.73. The van der Waals surface area contributed by atoms with Crippen molar-refractivity contribution >= 4 is 29.5 Å². The Morgan fingerprint density at radius 1 is 1.39 bits per heavy atom. The van der Waals surface area contributed by atoms with E-state index in [1.807, 2.05) is 0 Å². The Bertz CT molecular complexity index is 589. The lowest BCUT2D eigenvalue weighted by atomic mass is 10.1. The molecule has 1 heterocycles. The molecule has 0 saturated carbocycles. The van der Waals surface area contributed by atoms with Crippen LogP contribution in [0.1, 0.15) is 16.1 Å². The number of halogens is 1. The fraction of sp³-hybridized carbons (Fsp3) is 0.167. The lowest BCUT2D eigenvalue weighted by molar-refractivity contribution is 0.0950. The lowest BCUT2D eigenvalue weighted by Crippen LogP contribution is -2.25. The molecule has 6 heteroatoms. The maximum Gasteiger partial charge on any atom is 0.268 e. The molecule has 0 aliphatic heterocycles. The molecule has 1 amide bonds. The molecule has 0 aliphatic carbocycles. The smallest absolute Gasteiger partial charge is 0.268 e. The molecular formula is C12H11FN2OS2. The third-order valence-corrected chi connectivity index (χ3v) is 3.44. The number of H-pyrrole nitrogens is 1. The first kappa shape index (κ1) is 12.9. The summed E-state index contributed by atoms with van der Waals surface area (Å²) in [5, 5.41) is 4.46. The SMILES string of the molecule is O=C(NCCc1ccc(F)cc1)c1csc(=S)[nH]1. The lowest BCUT2D eigenvalue weighted by Gasteiger charge is -2.03. The molecule has 3 nitrogen and oxygen atoms in total. The standard InChI is InChI=1S/C12H11FN2OS2/c13-9-3-1-8(2-4-9)5-6-14-11(16)10-7-18-12(17)15-10/h1-4,7H,5-6H2,(H,14,16)(H,15,17). The van der Waals surface area contributed by atoms with Crippen molar-refractivity contribution < 1.29 is 9.18 Å². The Kier molecular flexibility index (Phi) is 4.22. The maximum absolute atomic E-state index is 12.7. The van der Waals surface area contributed by atoms with Gasteiger partial charge in [-0.1, -0.05) is 12.1 Å². The van der Waals surface area contributed by atoms with E-state index in [1.165, 1.54) is 23.5 Å². The van der Waals surface area contributed by atoms with Crippen LogP contribution in [0.2, 0.25) is 0 Å². The van der Waals surface area contributed by atoms with Crippen LogP contribution in [-0.4, -0.2) is 17.4 Å². The topological polar surface area (TPSA) is 44.9 Å². The van der Waals surface area contributed by atoms with Gasteiger partial charge in [-0.2, -0.15) is 0 Å². The van der Waals surface area contributed by atoms with Crippen LogP contribution in [0.3, 0.4) is 0 Å². The van der Waals surface area contributed by atoms with Gasteiger partial charge < -0.3 is 10.3 Å². The Morgan fingerprint density at radius 2 is 2.11 bits per heavy atom. The molecule has 1 aromatic carbocycles. The van der Waals surface area contributed by atoms with Gasteiger partial charge >= 0.3 is 0 Å². The summed E-state index contributed by atoms with van der Waals surface area (Å²) in [5.41, 5.74) is 1.46. The number of carbonyl (C=O) groups excluding carboxylic acids is 1. The number of rotatable bonds is 4. The first-order valence-corrected chi connectivity index (χ1v) is 6.64. The average molecular weight is 282 g/mol. The number of carbonyl (C=O) groups is 1. The number of aromatic nitrogens is 1. The van der Waals surface area contributed by atoms with E-state index in [0.29, 0.717) is 22.6 Å². The van der Waals surface area contributed by atoms with Crippen LogP contribution in [0.25, 0.3) is 0 Å². The third kappa shape index (κ3) is 3.48. The number of thiazole rings is 1. The van der Waals surface area contributed by atoms with Crippen LogP contribution in [0.4, 0.5) is 4.39 Å². The summed E-state index contributed by atoms with van der Waals surface area (Å²) in [6.07, 6.45) is 0.664. The molecule has 94 valence electrons. The van der Waals surface area contributed by atoms with E-state index in [4.69, 9.17) is 12.2 Å². The van der Waals surface area contributed by atoms with E-state index >= 15 is 0 Å². The molecule has 0 spiro atoms. The quantitative estimate of drug-likeness (QED) is 0.847. The van der Waals surface area contributed by atoms with Gasteiger partial charge in [0.05, 0.1) is 0 Å². The maximum atomic E-state index is 12.7. The predicted molar refractivity (Wildman–Crippen MR) is 71.9 cm³/mol. The summed E-state index contributed by atoms with van der Waals surface area (Å²) in [4.78, 5) is 14.5. The van der Waals surface area contributed by atoms with Crippen LogP contribution < -0.4 is 5.32 Å². The summed E-state index contributed by atoms with van der Waals surface area (Å²) in [5.74, 6) is -0.432. The Labute approximate surface area is 113 Å². The Morgan fingerprint density at radius 3 is 2.72 bits per heavy atom. The van der Waals surface area contributed by atoms with E-state index in [-0.39, 0.29) is 11.7 Å². The molecule has 0 aliphatic rings. The van der Waals surface area contributed by atoms with Gasteiger partial charge in [0.25, 0.3) is 5.91 Å². The molecule has 0 fully saturated rings. The average Bonchev–Trinajstić information content (AvgIpc) is 2.78. The molecule has 2 rings (SSSR count). The van der Waals surface area contributed by atoms with Gasteiger partial charge in [-0.3, -0.25) is 4.79 Å². The minimum Gasteiger partial charge on any atom is -0.350 e. The molecular weight excluding hydrogens is 271 g/mol. The van der Waals surface area contributed by atoms with Crippen molar-refractivity contribution in [3.63, 3.8) is 0 Å². The number of amides is 1. The molecule has 1 aromatic heterocycles. The van der Waals surface area contributed by atoms with E-state index in [0.717, 1.165) is 5.56 Å². The van der Waals surface area contributed by atoms with Crippen LogP contribution >= 0.6 is 23.6 Å². The first-order chi connectivity index (χ1) is 8.65. The zero-order chi connectivity index (χ0) is 13.0. The largest absolute Gasteiger partial charge is 0.350 e. The van der Waals surface area contributed by atoms with E-state index in [9.17, 15) is 9.18 Å². The van der Waals surface area contributed by atoms with Gasteiger partial charge in [0.15, 0.2) is 3.95 Å². The van der Waals surface area contributed by atoms with Crippen LogP contribution in [0, 0.1) is 9.77 Å². The molecule has 2 N–H and O–H groups in total. The number of benzene rings is 1. The Balaban J connectivity index is 1.83. The second-order valence-electron chi connectivity index (χ2n) is 3.69. The van der Waals surface area contributed by atoms with Gasteiger partial charge in [0.2, 0.25) is 0 Å². The molecule has 0 bridgehead atoms. The molecule has 2 aromatic rings. The first-order valence-electron chi connectivity index (χ1n) is 5.35. The zero-order valence-corrected chi connectivity index (χ0v) is 11.0. The van der Waals surface area contributed by atoms with Crippen molar-refractivity contribution in [3.05, 3.63) is 50.7 Å². The van der Waals surface area contributed by atoms with Gasteiger partial charge in [-0.05, 0) is 36.3 Å². The van der Waals surface area contributed by atoms with Crippen LogP contribution in [-0.2, 0) is 6.42 Å². The summed E-state index contributed by atoms with van der Waals surface area (Å²) >= 11 is 6.22. The normalized spacial score (nSPS) is 10.3. The predicted octanol–water partition coefficient (Wildman–Crippen LogP) is 2.92. The van der Waals surface area contributed by atoms with Gasteiger partial charge in [0.1, 0.15) is 11.5 Å². The van der Waals surface area contributed by atoms with Crippen molar-refractivity contribution in [2.24, 2.45) is 0 Å². The molecule has 0 unspecified atom stereocenters. The second kappa shape index (κ2) is 5.88. The number of aromatic amines is 1. The molecule has 18 heavy (non-hydrogen) atoms. The van der Waals surface area contributed by atoms with Crippen LogP contribution in [0.15, 0.2) is 29.6 Å².